The number of hydrogen-bond acceptors (Lipinski definition) is 3. The van der Waals surface area contributed by atoms with Crippen molar-refractivity contribution in [1.82, 2.24) is 0 Å². The maximum absolute atomic E-state index is 10.5. The molecule has 0 amide bonds. The predicted octanol–water partition coefficient (Wildman–Crippen LogP) is 5.16. The molecule has 0 N–H and O–H groups in total. The molecule has 0 atom stereocenters. The van der Waals surface area contributed by atoms with Gasteiger partial charge < -0.3 is 4.74 Å². The third kappa shape index (κ3) is 17.4. The maximum atomic E-state index is 10.5. The van der Waals surface area contributed by atoms with Crippen LogP contribution in [0.2, 0.25) is 0 Å². The molecular formula is C17H30O2S. The first-order valence-electron chi connectivity index (χ1n) is 8.00. The van der Waals surface area contributed by atoms with Crippen LogP contribution in [0.5, 0.6) is 0 Å². The minimum atomic E-state index is -0.166. The third-order valence-corrected chi connectivity index (χ3v) is 3.85. The highest BCUT2D eigenvalue weighted by molar-refractivity contribution is 8.03. The zero-order valence-corrected chi connectivity index (χ0v) is 14.0. The molecule has 0 rings (SSSR count). The lowest BCUT2D eigenvalue weighted by atomic mass is 10.1. The van der Waals surface area contributed by atoms with E-state index in [1.807, 2.05) is 0 Å². The molecular weight excluding hydrogens is 268 g/mol. The molecule has 0 aliphatic heterocycles. The number of esters is 1. The van der Waals surface area contributed by atoms with E-state index in [9.17, 15) is 4.79 Å². The largest absolute Gasteiger partial charge is 0.466 e. The molecule has 0 saturated carbocycles. The number of unbranched alkanes of at least 4 members (excludes halogenated alkanes) is 8. The van der Waals surface area contributed by atoms with Crippen molar-refractivity contribution in [3.05, 3.63) is 0 Å². The number of ether oxygens (including phenoxy) is 1. The summed E-state index contributed by atoms with van der Waals surface area (Å²) in [6.07, 6.45) is 12.2. The van der Waals surface area contributed by atoms with Crippen molar-refractivity contribution < 1.29 is 9.53 Å². The van der Waals surface area contributed by atoms with Gasteiger partial charge in [0.2, 0.25) is 0 Å². The Labute approximate surface area is 129 Å². The molecule has 0 aromatic carbocycles. The van der Waals surface area contributed by atoms with Gasteiger partial charge in [-0.3, -0.25) is 4.79 Å². The zero-order chi connectivity index (χ0) is 14.9. The van der Waals surface area contributed by atoms with E-state index in [1.54, 1.807) is 11.8 Å². The van der Waals surface area contributed by atoms with Gasteiger partial charge in [-0.05, 0) is 24.5 Å². The molecule has 0 aromatic heterocycles. The van der Waals surface area contributed by atoms with Gasteiger partial charge in [0, 0.05) is 19.1 Å². The fourth-order valence-corrected chi connectivity index (χ4v) is 2.36. The van der Waals surface area contributed by atoms with Crippen LogP contribution in [-0.4, -0.2) is 18.3 Å². The molecule has 0 fully saturated rings. The molecule has 116 valence electrons. The van der Waals surface area contributed by atoms with Crippen LogP contribution >= 0.6 is 11.8 Å². The van der Waals surface area contributed by atoms with Crippen LogP contribution in [0.25, 0.3) is 0 Å². The van der Waals surface area contributed by atoms with E-state index < -0.39 is 0 Å². The average Bonchev–Trinajstić information content (AvgIpc) is 2.43. The number of carbonyl (C=O) groups is 1. The molecule has 0 aliphatic rings. The summed E-state index contributed by atoms with van der Waals surface area (Å²) in [4.78, 5) is 10.5. The minimum absolute atomic E-state index is 0.166. The van der Waals surface area contributed by atoms with E-state index in [4.69, 9.17) is 4.74 Å². The van der Waals surface area contributed by atoms with Crippen molar-refractivity contribution in [2.75, 3.05) is 12.4 Å². The molecule has 0 unspecified atom stereocenters. The van der Waals surface area contributed by atoms with Crippen molar-refractivity contribution in [2.45, 2.75) is 78.1 Å². The van der Waals surface area contributed by atoms with Crippen LogP contribution in [0.1, 0.15) is 78.1 Å². The highest BCUT2D eigenvalue weighted by atomic mass is 32.2. The van der Waals surface area contributed by atoms with Gasteiger partial charge in [0.05, 0.1) is 6.61 Å². The van der Waals surface area contributed by atoms with Crippen LogP contribution in [0.4, 0.5) is 0 Å². The standard InChI is InChI=1S/C17H30O2S/c1-3-15-20-16-13-11-9-7-5-4-6-8-10-12-14-19-17(2)18/h3-12,14-15H2,1-2H3. The smallest absolute Gasteiger partial charge is 0.302 e. The Morgan fingerprint density at radius 1 is 1.00 bits per heavy atom. The molecule has 3 heteroatoms. The lowest BCUT2D eigenvalue weighted by molar-refractivity contribution is -0.141. The molecule has 0 saturated heterocycles. The monoisotopic (exact) mass is 298 g/mol. The minimum Gasteiger partial charge on any atom is -0.466 e. The fraction of sp³-hybridized carbons (Fsp3) is 0.824. The number of thioether (sulfide) groups is 1. The molecule has 0 aliphatic carbocycles. The van der Waals surface area contributed by atoms with E-state index in [0.717, 1.165) is 18.6 Å². The molecule has 20 heavy (non-hydrogen) atoms. The Morgan fingerprint density at radius 2 is 1.60 bits per heavy atom. The first kappa shape index (κ1) is 19.4. The van der Waals surface area contributed by atoms with E-state index in [0.29, 0.717) is 6.61 Å². The van der Waals surface area contributed by atoms with Gasteiger partial charge in [-0.15, -0.1) is 0 Å². The van der Waals surface area contributed by atoms with Crippen LogP contribution in [0, 0.1) is 11.2 Å². The topological polar surface area (TPSA) is 26.3 Å². The van der Waals surface area contributed by atoms with Crippen LogP contribution < -0.4 is 0 Å². The van der Waals surface area contributed by atoms with Gasteiger partial charge in [-0.25, -0.2) is 0 Å². The summed E-state index contributed by atoms with van der Waals surface area (Å²) in [5.74, 6) is 4.22. The SMILES string of the molecule is CCCSC#CCCCCCCCCCCOC(C)=O. The van der Waals surface area contributed by atoms with Gasteiger partial charge in [-0.2, -0.15) is 0 Å². The summed E-state index contributed by atoms with van der Waals surface area (Å²) in [5, 5.41) is 3.16. The van der Waals surface area contributed by atoms with E-state index in [-0.39, 0.29) is 5.97 Å². The Hall–Kier alpha value is -0.620. The molecule has 2 nitrogen and oxygen atoms in total. The summed E-state index contributed by atoms with van der Waals surface area (Å²) in [6, 6.07) is 0. The highest BCUT2D eigenvalue weighted by Gasteiger charge is 1.94. The first-order chi connectivity index (χ1) is 9.77. The second-order valence-corrected chi connectivity index (χ2v) is 5.95. The van der Waals surface area contributed by atoms with Gasteiger partial charge in [0.1, 0.15) is 0 Å². The van der Waals surface area contributed by atoms with E-state index >= 15 is 0 Å². The van der Waals surface area contributed by atoms with Crippen LogP contribution in [0.3, 0.4) is 0 Å². The van der Waals surface area contributed by atoms with E-state index in [2.05, 4.69) is 18.1 Å². The van der Waals surface area contributed by atoms with Crippen molar-refractivity contribution >= 4 is 17.7 Å². The van der Waals surface area contributed by atoms with Crippen molar-refractivity contribution in [3.63, 3.8) is 0 Å². The van der Waals surface area contributed by atoms with Gasteiger partial charge in [0.25, 0.3) is 0 Å². The molecule has 0 heterocycles. The summed E-state index contributed by atoms with van der Waals surface area (Å²) in [7, 11) is 0. The number of hydrogen-bond donors (Lipinski definition) is 0. The Morgan fingerprint density at radius 3 is 2.20 bits per heavy atom. The quantitative estimate of drug-likeness (QED) is 0.283. The normalized spacial score (nSPS) is 9.90. The predicted molar refractivity (Wildman–Crippen MR) is 88.7 cm³/mol. The summed E-state index contributed by atoms with van der Waals surface area (Å²) < 4.78 is 4.90. The van der Waals surface area contributed by atoms with Crippen molar-refractivity contribution in [2.24, 2.45) is 0 Å². The molecule has 0 bridgehead atoms. The van der Waals surface area contributed by atoms with Crippen LogP contribution in [0.15, 0.2) is 0 Å². The zero-order valence-electron chi connectivity index (χ0n) is 13.2. The van der Waals surface area contributed by atoms with Crippen molar-refractivity contribution in [3.8, 4) is 11.2 Å². The Bertz CT molecular complexity index is 278. The average molecular weight is 298 g/mol. The lowest BCUT2D eigenvalue weighted by Gasteiger charge is -2.02. The highest BCUT2D eigenvalue weighted by Crippen LogP contribution is 2.09. The molecule has 0 radical (unpaired) electrons. The van der Waals surface area contributed by atoms with Crippen molar-refractivity contribution in [1.29, 1.82) is 0 Å². The van der Waals surface area contributed by atoms with Gasteiger partial charge in [0.15, 0.2) is 0 Å². The maximum Gasteiger partial charge on any atom is 0.302 e. The number of rotatable bonds is 12. The summed E-state index contributed by atoms with van der Waals surface area (Å²) >= 11 is 1.74. The summed E-state index contributed by atoms with van der Waals surface area (Å²) in [5.41, 5.74) is 0. The second-order valence-electron chi connectivity index (χ2n) is 5.05. The Balaban J connectivity index is 3.05. The third-order valence-electron chi connectivity index (χ3n) is 2.95. The lowest BCUT2D eigenvalue weighted by Crippen LogP contribution is -2.00. The molecule has 0 spiro atoms. The van der Waals surface area contributed by atoms with Gasteiger partial charge >= 0.3 is 5.97 Å². The Kier molecular flexibility index (Phi) is 15.9. The number of carbonyl (C=O) groups excluding carboxylic acids is 1. The van der Waals surface area contributed by atoms with Crippen LogP contribution in [-0.2, 0) is 9.53 Å². The second kappa shape index (κ2) is 16.4. The molecule has 0 aromatic rings. The fourth-order valence-electron chi connectivity index (χ4n) is 1.85. The van der Waals surface area contributed by atoms with E-state index in [1.165, 1.54) is 58.3 Å². The first-order valence-corrected chi connectivity index (χ1v) is 8.99. The van der Waals surface area contributed by atoms with Gasteiger partial charge in [-0.1, -0.05) is 63.1 Å². The summed E-state index contributed by atoms with van der Waals surface area (Å²) in [6.45, 7) is 4.24.